The Hall–Kier alpha value is -1.88. The minimum absolute atomic E-state index is 0.257. The molecule has 5 nitrogen and oxygen atoms in total. The lowest BCUT2D eigenvalue weighted by molar-refractivity contribution is 0.185. The normalized spacial score (nSPS) is 12.4. The van der Waals surface area contributed by atoms with Crippen LogP contribution < -0.4 is 4.74 Å². The third kappa shape index (κ3) is 4.37. The Labute approximate surface area is 112 Å². The minimum Gasteiger partial charge on any atom is -0.487 e. The Bertz CT molecular complexity index is 506. The van der Waals surface area contributed by atoms with E-state index in [4.69, 9.17) is 4.74 Å². The summed E-state index contributed by atoms with van der Waals surface area (Å²) >= 11 is 0. The van der Waals surface area contributed by atoms with E-state index in [1.807, 2.05) is 37.5 Å². The molecule has 19 heavy (non-hydrogen) atoms. The summed E-state index contributed by atoms with van der Waals surface area (Å²) in [4.78, 5) is 0. The first kappa shape index (κ1) is 13.5. The van der Waals surface area contributed by atoms with Gasteiger partial charge in [-0.1, -0.05) is 17.3 Å². The zero-order valence-corrected chi connectivity index (χ0v) is 11.3. The van der Waals surface area contributed by atoms with Gasteiger partial charge in [0.1, 0.15) is 18.1 Å². The number of aliphatic hydroxyl groups excluding tert-OH is 1. The van der Waals surface area contributed by atoms with Crippen LogP contribution in [0.4, 0.5) is 0 Å². The minimum atomic E-state index is -0.257. The van der Waals surface area contributed by atoms with Crippen molar-refractivity contribution in [1.29, 1.82) is 0 Å². The Morgan fingerprint density at radius 1 is 1.32 bits per heavy atom. The maximum atomic E-state index is 9.24. The van der Waals surface area contributed by atoms with Crippen LogP contribution in [0.1, 0.15) is 24.6 Å². The second kappa shape index (κ2) is 6.33. The van der Waals surface area contributed by atoms with Crippen molar-refractivity contribution in [3.63, 3.8) is 0 Å². The number of benzene rings is 1. The summed E-state index contributed by atoms with van der Waals surface area (Å²) in [6.07, 6.45) is 3.23. The Morgan fingerprint density at radius 2 is 2.05 bits per heavy atom. The van der Waals surface area contributed by atoms with E-state index in [9.17, 15) is 5.11 Å². The van der Waals surface area contributed by atoms with E-state index in [-0.39, 0.29) is 6.10 Å². The molecule has 0 amide bonds. The van der Waals surface area contributed by atoms with Crippen molar-refractivity contribution in [2.45, 2.75) is 32.5 Å². The first-order chi connectivity index (χ1) is 9.13. The first-order valence-electron chi connectivity index (χ1n) is 6.38. The molecule has 0 aliphatic heterocycles. The molecule has 1 atom stereocenters. The van der Waals surface area contributed by atoms with Crippen molar-refractivity contribution in [1.82, 2.24) is 15.0 Å². The standard InChI is InChI=1S/C14H19N3O2/c1-11(18)3-4-12-5-7-14(8-6-12)19-10-13-9-17(2)16-15-13/h5-9,11,18H,3-4,10H2,1-2H3. The quantitative estimate of drug-likeness (QED) is 0.860. The van der Waals surface area contributed by atoms with E-state index in [2.05, 4.69) is 10.3 Å². The van der Waals surface area contributed by atoms with Gasteiger partial charge >= 0.3 is 0 Å². The van der Waals surface area contributed by atoms with Crippen LogP contribution in [-0.2, 0) is 20.1 Å². The van der Waals surface area contributed by atoms with Gasteiger partial charge in [0.15, 0.2) is 0 Å². The Balaban J connectivity index is 1.84. The highest BCUT2D eigenvalue weighted by atomic mass is 16.5. The number of aromatic nitrogens is 3. The highest BCUT2D eigenvalue weighted by Gasteiger charge is 2.01. The van der Waals surface area contributed by atoms with Gasteiger partial charge in [-0.2, -0.15) is 0 Å². The molecule has 0 radical (unpaired) electrons. The van der Waals surface area contributed by atoms with Gasteiger partial charge in [-0.05, 0) is 37.5 Å². The molecule has 5 heteroatoms. The van der Waals surface area contributed by atoms with Crippen molar-refractivity contribution < 1.29 is 9.84 Å². The molecule has 102 valence electrons. The number of hydrogen-bond donors (Lipinski definition) is 1. The van der Waals surface area contributed by atoms with Gasteiger partial charge in [0.2, 0.25) is 0 Å². The number of aliphatic hydroxyl groups is 1. The van der Waals surface area contributed by atoms with Gasteiger partial charge in [-0.25, -0.2) is 0 Å². The maximum absolute atomic E-state index is 9.24. The van der Waals surface area contributed by atoms with Crippen molar-refractivity contribution in [3.05, 3.63) is 41.7 Å². The van der Waals surface area contributed by atoms with Gasteiger partial charge in [0.05, 0.1) is 12.3 Å². The molecule has 0 spiro atoms. The molecule has 0 saturated heterocycles. The molecule has 1 heterocycles. The molecule has 0 saturated carbocycles. The molecule has 1 unspecified atom stereocenters. The summed E-state index contributed by atoms with van der Waals surface area (Å²) in [7, 11) is 1.83. The third-order valence-corrected chi connectivity index (χ3v) is 2.81. The molecule has 1 aromatic heterocycles. The molecular weight excluding hydrogens is 242 g/mol. The predicted molar refractivity (Wildman–Crippen MR) is 71.8 cm³/mol. The van der Waals surface area contributed by atoms with Crippen molar-refractivity contribution in [3.8, 4) is 5.75 Å². The van der Waals surface area contributed by atoms with Crippen molar-refractivity contribution >= 4 is 0 Å². The van der Waals surface area contributed by atoms with Gasteiger partial charge in [-0.15, -0.1) is 5.10 Å². The van der Waals surface area contributed by atoms with E-state index < -0.39 is 0 Å². The fourth-order valence-corrected chi connectivity index (χ4v) is 1.75. The average Bonchev–Trinajstić information content (AvgIpc) is 2.81. The summed E-state index contributed by atoms with van der Waals surface area (Å²) in [5, 5.41) is 17.0. The van der Waals surface area contributed by atoms with Crippen LogP contribution in [0.25, 0.3) is 0 Å². The predicted octanol–water partition coefficient (Wildman–Crippen LogP) is 1.71. The van der Waals surface area contributed by atoms with Crippen LogP contribution in [-0.4, -0.2) is 26.2 Å². The molecule has 0 bridgehead atoms. The molecule has 2 aromatic rings. The van der Waals surface area contributed by atoms with Gasteiger partial charge < -0.3 is 9.84 Å². The van der Waals surface area contributed by atoms with Crippen molar-refractivity contribution in [2.75, 3.05) is 0 Å². The monoisotopic (exact) mass is 261 g/mol. The van der Waals surface area contributed by atoms with Gasteiger partial charge in [0.25, 0.3) is 0 Å². The molecule has 0 aliphatic rings. The smallest absolute Gasteiger partial charge is 0.134 e. The van der Waals surface area contributed by atoms with Crippen LogP contribution in [0.15, 0.2) is 30.5 Å². The van der Waals surface area contributed by atoms with Crippen molar-refractivity contribution in [2.24, 2.45) is 7.05 Å². The lowest BCUT2D eigenvalue weighted by atomic mass is 10.1. The molecular formula is C14H19N3O2. The second-order valence-corrected chi connectivity index (χ2v) is 4.70. The lowest BCUT2D eigenvalue weighted by Gasteiger charge is -2.06. The molecule has 1 N–H and O–H groups in total. The topological polar surface area (TPSA) is 60.2 Å². The molecule has 0 aliphatic carbocycles. The molecule has 1 aromatic carbocycles. The summed E-state index contributed by atoms with van der Waals surface area (Å²) in [5.41, 5.74) is 2.01. The van der Waals surface area contributed by atoms with Gasteiger partial charge in [0, 0.05) is 7.05 Å². The zero-order valence-electron chi connectivity index (χ0n) is 11.3. The Kier molecular flexibility index (Phi) is 4.52. The summed E-state index contributed by atoms with van der Waals surface area (Å²) < 4.78 is 7.27. The largest absolute Gasteiger partial charge is 0.487 e. The van der Waals surface area contributed by atoms with E-state index >= 15 is 0 Å². The molecule has 2 rings (SSSR count). The third-order valence-electron chi connectivity index (χ3n) is 2.81. The van der Waals surface area contributed by atoms with Crippen LogP contribution in [0.5, 0.6) is 5.75 Å². The van der Waals surface area contributed by atoms with Crippen LogP contribution in [0.3, 0.4) is 0 Å². The second-order valence-electron chi connectivity index (χ2n) is 4.70. The first-order valence-corrected chi connectivity index (χ1v) is 6.38. The summed E-state index contributed by atoms with van der Waals surface area (Å²) in [6, 6.07) is 7.92. The Morgan fingerprint density at radius 3 is 2.63 bits per heavy atom. The van der Waals surface area contributed by atoms with Gasteiger partial charge in [-0.3, -0.25) is 4.68 Å². The van der Waals surface area contributed by atoms with E-state index in [0.29, 0.717) is 6.61 Å². The zero-order chi connectivity index (χ0) is 13.7. The fraction of sp³-hybridized carbons (Fsp3) is 0.429. The van der Waals surface area contributed by atoms with Crippen LogP contribution in [0.2, 0.25) is 0 Å². The number of rotatable bonds is 6. The summed E-state index contributed by atoms with van der Waals surface area (Å²) in [6.45, 7) is 2.22. The highest BCUT2D eigenvalue weighted by Crippen LogP contribution is 2.15. The SMILES string of the molecule is CC(O)CCc1ccc(OCc2cn(C)nn2)cc1. The van der Waals surface area contributed by atoms with E-state index in [1.165, 1.54) is 5.56 Å². The number of hydrogen-bond acceptors (Lipinski definition) is 4. The highest BCUT2D eigenvalue weighted by molar-refractivity contribution is 5.27. The number of nitrogens with zero attached hydrogens (tertiary/aromatic N) is 3. The van der Waals surface area contributed by atoms with E-state index in [0.717, 1.165) is 24.3 Å². The molecule has 0 fully saturated rings. The number of aryl methyl sites for hydroxylation is 2. The number of ether oxygens (including phenoxy) is 1. The van der Waals surface area contributed by atoms with Crippen LogP contribution in [0, 0.1) is 0 Å². The fourth-order valence-electron chi connectivity index (χ4n) is 1.75. The van der Waals surface area contributed by atoms with E-state index in [1.54, 1.807) is 11.6 Å². The maximum Gasteiger partial charge on any atom is 0.134 e. The lowest BCUT2D eigenvalue weighted by Crippen LogP contribution is -2.01. The average molecular weight is 261 g/mol. The summed E-state index contributed by atoms with van der Waals surface area (Å²) in [5.74, 6) is 0.812. The van der Waals surface area contributed by atoms with Crippen LogP contribution >= 0.6 is 0 Å².